The van der Waals surface area contributed by atoms with E-state index in [9.17, 15) is 9.59 Å². The predicted molar refractivity (Wildman–Crippen MR) is 95.3 cm³/mol. The number of amides is 2. The fourth-order valence-corrected chi connectivity index (χ4v) is 3.20. The number of hydrogen-bond acceptors (Lipinski definition) is 3. The molecule has 5 nitrogen and oxygen atoms in total. The molecule has 132 valence electrons. The SMILES string of the molecule is CC(NC(=O)CCNC(=O)c1ccco1)c1ccc2c(c1)CCCC2. The summed E-state index contributed by atoms with van der Waals surface area (Å²) >= 11 is 0. The van der Waals surface area contributed by atoms with Crippen molar-refractivity contribution in [3.63, 3.8) is 0 Å². The number of carbonyl (C=O) groups excluding carboxylic acids is 2. The molecule has 1 unspecified atom stereocenters. The van der Waals surface area contributed by atoms with Gasteiger partial charge >= 0.3 is 0 Å². The summed E-state index contributed by atoms with van der Waals surface area (Å²) in [5.41, 5.74) is 3.98. The Morgan fingerprint density at radius 3 is 2.72 bits per heavy atom. The van der Waals surface area contributed by atoms with Crippen LogP contribution in [-0.4, -0.2) is 18.4 Å². The van der Waals surface area contributed by atoms with Crippen LogP contribution in [0.5, 0.6) is 0 Å². The molecule has 1 aliphatic carbocycles. The molecular weight excluding hydrogens is 316 g/mol. The van der Waals surface area contributed by atoms with E-state index < -0.39 is 0 Å². The molecule has 3 rings (SSSR count). The lowest BCUT2D eigenvalue weighted by Gasteiger charge is -2.20. The van der Waals surface area contributed by atoms with Crippen molar-refractivity contribution < 1.29 is 14.0 Å². The lowest BCUT2D eigenvalue weighted by atomic mass is 9.89. The van der Waals surface area contributed by atoms with Gasteiger partial charge in [-0.1, -0.05) is 18.2 Å². The average Bonchev–Trinajstić information content (AvgIpc) is 3.16. The highest BCUT2D eigenvalue weighted by Gasteiger charge is 2.14. The third kappa shape index (κ3) is 4.50. The molecule has 2 N–H and O–H groups in total. The lowest BCUT2D eigenvalue weighted by Crippen LogP contribution is -2.32. The molecule has 0 spiro atoms. The fourth-order valence-electron chi connectivity index (χ4n) is 3.20. The van der Waals surface area contributed by atoms with Crippen LogP contribution in [-0.2, 0) is 17.6 Å². The van der Waals surface area contributed by atoms with Gasteiger partial charge in [0.25, 0.3) is 5.91 Å². The van der Waals surface area contributed by atoms with Crippen molar-refractivity contribution in [3.8, 4) is 0 Å². The zero-order valence-corrected chi connectivity index (χ0v) is 14.5. The molecule has 2 aromatic rings. The van der Waals surface area contributed by atoms with Gasteiger partial charge in [-0.3, -0.25) is 9.59 Å². The summed E-state index contributed by atoms with van der Waals surface area (Å²) in [5.74, 6) is -0.131. The molecule has 0 saturated heterocycles. The maximum atomic E-state index is 12.1. The van der Waals surface area contributed by atoms with Gasteiger partial charge in [-0.2, -0.15) is 0 Å². The van der Waals surface area contributed by atoms with Crippen LogP contribution >= 0.6 is 0 Å². The normalized spacial score (nSPS) is 14.4. The van der Waals surface area contributed by atoms with E-state index >= 15 is 0 Å². The highest BCUT2D eigenvalue weighted by molar-refractivity contribution is 5.91. The van der Waals surface area contributed by atoms with E-state index in [2.05, 4.69) is 28.8 Å². The van der Waals surface area contributed by atoms with Crippen molar-refractivity contribution in [1.82, 2.24) is 10.6 Å². The number of furan rings is 1. The van der Waals surface area contributed by atoms with E-state index in [1.807, 2.05) is 6.92 Å². The van der Waals surface area contributed by atoms with Gasteiger partial charge in [0.1, 0.15) is 0 Å². The third-order valence-electron chi connectivity index (χ3n) is 4.63. The van der Waals surface area contributed by atoms with Crippen LogP contribution in [0.25, 0.3) is 0 Å². The Bertz CT molecular complexity index is 737. The van der Waals surface area contributed by atoms with Crippen molar-refractivity contribution in [2.24, 2.45) is 0 Å². The number of nitrogens with one attached hydrogen (secondary N) is 2. The zero-order chi connectivity index (χ0) is 17.6. The summed E-state index contributed by atoms with van der Waals surface area (Å²) in [6.45, 7) is 2.27. The smallest absolute Gasteiger partial charge is 0.286 e. The zero-order valence-electron chi connectivity index (χ0n) is 14.5. The van der Waals surface area contributed by atoms with Crippen LogP contribution in [0.15, 0.2) is 41.0 Å². The molecule has 5 heteroatoms. The molecule has 0 saturated carbocycles. The number of carbonyl (C=O) groups is 2. The van der Waals surface area contributed by atoms with Crippen LogP contribution in [0.2, 0.25) is 0 Å². The summed E-state index contributed by atoms with van der Waals surface area (Å²) in [7, 11) is 0. The average molecular weight is 340 g/mol. The molecular formula is C20H24N2O3. The van der Waals surface area contributed by atoms with E-state index in [0.717, 1.165) is 18.4 Å². The molecule has 1 aromatic heterocycles. The molecule has 0 fully saturated rings. The van der Waals surface area contributed by atoms with E-state index in [-0.39, 0.29) is 36.6 Å². The van der Waals surface area contributed by atoms with Gasteiger partial charge in [-0.15, -0.1) is 0 Å². The van der Waals surface area contributed by atoms with Gasteiger partial charge in [-0.25, -0.2) is 0 Å². The molecule has 1 heterocycles. The Morgan fingerprint density at radius 2 is 1.96 bits per heavy atom. The summed E-state index contributed by atoms with van der Waals surface area (Å²) in [4.78, 5) is 23.8. The molecule has 1 aliphatic rings. The van der Waals surface area contributed by atoms with Gasteiger partial charge in [0, 0.05) is 13.0 Å². The number of fused-ring (bicyclic) bond motifs is 1. The standard InChI is InChI=1S/C20H24N2O3/c1-14(16-9-8-15-5-2-3-6-17(15)13-16)22-19(23)10-11-21-20(24)18-7-4-12-25-18/h4,7-9,12-14H,2-3,5-6,10-11H2,1H3,(H,21,24)(H,22,23). The number of benzene rings is 1. The largest absolute Gasteiger partial charge is 0.459 e. The number of rotatable bonds is 6. The molecule has 0 radical (unpaired) electrons. The maximum Gasteiger partial charge on any atom is 0.286 e. The van der Waals surface area contributed by atoms with Gasteiger partial charge in [0.15, 0.2) is 5.76 Å². The molecule has 2 amide bonds. The Balaban J connectivity index is 1.46. The Kier molecular flexibility index (Phi) is 5.53. The summed E-state index contributed by atoms with van der Waals surface area (Å²) in [6.07, 6.45) is 6.48. The summed E-state index contributed by atoms with van der Waals surface area (Å²) in [6, 6.07) is 9.72. The number of hydrogen-bond donors (Lipinski definition) is 2. The van der Waals surface area contributed by atoms with Crippen molar-refractivity contribution in [1.29, 1.82) is 0 Å². The maximum absolute atomic E-state index is 12.1. The van der Waals surface area contributed by atoms with Crippen LogP contribution in [0.1, 0.15) is 59.5 Å². The molecule has 0 aliphatic heterocycles. The topological polar surface area (TPSA) is 71.3 Å². The van der Waals surface area contributed by atoms with Crippen molar-refractivity contribution in [2.45, 2.75) is 45.1 Å². The monoisotopic (exact) mass is 340 g/mol. The van der Waals surface area contributed by atoms with Crippen LogP contribution in [0.4, 0.5) is 0 Å². The molecule has 0 bridgehead atoms. The summed E-state index contributed by atoms with van der Waals surface area (Å²) in [5, 5.41) is 5.67. The van der Waals surface area contributed by atoms with Gasteiger partial charge in [-0.05, 0) is 61.4 Å². The second-order valence-electron chi connectivity index (χ2n) is 6.51. The Hall–Kier alpha value is -2.56. The van der Waals surface area contributed by atoms with Crippen LogP contribution in [0, 0.1) is 0 Å². The van der Waals surface area contributed by atoms with Gasteiger partial charge in [0.05, 0.1) is 12.3 Å². The van der Waals surface area contributed by atoms with E-state index in [1.54, 1.807) is 12.1 Å². The van der Waals surface area contributed by atoms with Crippen LogP contribution in [0.3, 0.4) is 0 Å². The quantitative estimate of drug-likeness (QED) is 0.848. The third-order valence-corrected chi connectivity index (χ3v) is 4.63. The first kappa shape index (κ1) is 17.3. The van der Waals surface area contributed by atoms with E-state index in [1.165, 1.54) is 30.2 Å². The second-order valence-corrected chi connectivity index (χ2v) is 6.51. The summed E-state index contributed by atoms with van der Waals surface area (Å²) < 4.78 is 5.01. The van der Waals surface area contributed by atoms with E-state index in [0.29, 0.717) is 0 Å². The molecule has 25 heavy (non-hydrogen) atoms. The van der Waals surface area contributed by atoms with Crippen molar-refractivity contribution in [2.75, 3.05) is 6.54 Å². The van der Waals surface area contributed by atoms with Crippen molar-refractivity contribution in [3.05, 3.63) is 59.0 Å². The minimum Gasteiger partial charge on any atom is -0.459 e. The first-order valence-electron chi connectivity index (χ1n) is 8.86. The van der Waals surface area contributed by atoms with E-state index in [4.69, 9.17) is 4.42 Å². The van der Waals surface area contributed by atoms with Crippen molar-refractivity contribution >= 4 is 11.8 Å². The minimum absolute atomic E-state index is 0.0412. The van der Waals surface area contributed by atoms with Gasteiger partial charge in [0.2, 0.25) is 5.91 Å². The highest BCUT2D eigenvalue weighted by atomic mass is 16.3. The molecule has 1 atom stereocenters. The van der Waals surface area contributed by atoms with Crippen LogP contribution < -0.4 is 10.6 Å². The molecule has 1 aromatic carbocycles. The highest BCUT2D eigenvalue weighted by Crippen LogP contribution is 2.24. The number of aryl methyl sites for hydroxylation is 2. The Morgan fingerprint density at radius 1 is 1.16 bits per heavy atom. The first-order chi connectivity index (χ1) is 12.1. The Labute approximate surface area is 147 Å². The van der Waals surface area contributed by atoms with Gasteiger partial charge < -0.3 is 15.1 Å². The predicted octanol–water partition coefficient (Wildman–Crippen LogP) is 3.16. The second kappa shape index (κ2) is 8.01. The minimum atomic E-state index is -0.305. The fraction of sp³-hybridized carbons (Fsp3) is 0.400. The first-order valence-corrected chi connectivity index (χ1v) is 8.86. The lowest BCUT2D eigenvalue weighted by molar-refractivity contribution is -0.121.